The summed E-state index contributed by atoms with van der Waals surface area (Å²) in [6, 6.07) is 0. The molecule has 2 aromatic rings. The van der Waals surface area contributed by atoms with Gasteiger partial charge in [0.2, 0.25) is 0 Å². The Hall–Kier alpha value is -2.01. The Balaban J connectivity index is 1.95. The van der Waals surface area contributed by atoms with Crippen LogP contribution in [-0.2, 0) is 18.3 Å². The molecule has 10 nitrogen and oxygen atoms in total. The molecule has 10 heteroatoms. The fourth-order valence-electron chi connectivity index (χ4n) is 2.72. The van der Waals surface area contributed by atoms with Crippen molar-refractivity contribution < 1.29 is 29.7 Å². The summed E-state index contributed by atoms with van der Waals surface area (Å²) in [5.41, 5.74) is 6.10. The molecular formula is C12H17N5O5. The van der Waals surface area contributed by atoms with Crippen LogP contribution >= 0.6 is 0 Å². The second-order valence-electron chi connectivity index (χ2n) is 5.31. The zero-order chi connectivity index (χ0) is 16.0. The molecule has 1 aliphatic heterocycles. The summed E-state index contributed by atoms with van der Waals surface area (Å²) in [7, 11) is 1.66. The van der Waals surface area contributed by atoms with Crippen LogP contribution in [0, 0.1) is 0 Å². The minimum atomic E-state index is -1.17. The topological polar surface area (TPSA) is 154 Å². The summed E-state index contributed by atoms with van der Waals surface area (Å²) in [6.07, 6.45) is -2.29. The van der Waals surface area contributed by atoms with Gasteiger partial charge >= 0.3 is 5.65 Å². The molecule has 0 aromatic carbocycles. The maximum absolute atomic E-state index is 11.9. The molecule has 3 heterocycles. The number of nitrogens with zero attached hydrogens (tertiary/aromatic N) is 4. The Morgan fingerprint density at radius 3 is 2.68 bits per heavy atom. The summed E-state index contributed by atoms with van der Waals surface area (Å²) >= 11 is 0. The number of fused-ring (bicyclic) bond motifs is 1. The van der Waals surface area contributed by atoms with Gasteiger partial charge in [-0.05, 0) is 0 Å². The van der Waals surface area contributed by atoms with Crippen molar-refractivity contribution >= 4 is 17.1 Å². The average molecular weight is 311 g/mol. The van der Waals surface area contributed by atoms with E-state index in [1.165, 1.54) is 0 Å². The summed E-state index contributed by atoms with van der Waals surface area (Å²) < 4.78 is 8.57. The molecule has 4 atom stereocenters. The highest BCUT2D eigenvalue weighted by Crippen LogP contribution is 2.22. The zero-order valence-electron chi connectivity index (χ0n) is 11.8. The fourth-order valence-corrected chi connectivity index (χ4v) is 2.72. The average Bonchev–Trinajstić information content (AvgIpc) is 2.91. The predicted octanol–water partition coefficient (Wildman–Crippen LogP) is -3.61. The van der Waals surface area contributed by atoms with Crippen molar-refractivity contribution in [2.75, 3.05) is 12.3 Å². The first-order valence-electron chi connectivity index (χ1n) is 6.73. The molecule has 0 saturated carbocycles. The van der Waals surface area contributed by atoms with Gasteiger partial charge in [-0.2, -0.15) is 0 Å². The number of aromatic nitrogens is 4. The summed E-state index contributed by atoms with van der Waals surface area (Å²) in [5, 5.41) is 40.7. The highest BCUT2D eigenvalue weighted by Gasteiger charge is 2.43. The lowest BCUT2D eigenvalue weighted by Gasteiger charge is -2.12. The van der Waals surface area contributed by atoms with Gasteiger partial charge in [0.25, 0.3) is 5.95 Å². The maximum Gasteiger partial charge on any atom is 0.306 e. The summed E-state index contributed by atoms with van der Waals surface area (Å²) in [5.74, 6) is -0.636. The SMILES string of the molecule is Cn1c[n+](C[C@@H]2O[C@H](CO)C(O)[C@@H]2O)c2nc(N)nc([O-])c21. The van der Waals surface area contributed by atoms with Gasteiger partial charge in [0.05, 0.1) is 13.7 Å². The Kier molecular flexibility index (Phi) is 3.60. The van der Waals surface area contributed by atoms with E-state index in [1.807, 2.05) is 0 Å². The number of imidazole rings is 1. The lowest BCUT2D eigenvalue weighted by Crippen LogP contribution is -2.44. The first-order valence-corrected chi connectivity index (χ1v) is 6.73. The number of hydrogen-bond donors (Lipinski definition) is 4. The van der Waals surface area contributed by atoms with Gasteiger partial charge < -0.3 is 30.9 Å². The minimum absolute atomic E-state index is 0.140. The molecule has 120 valence electrons. The number of aliphatic hydroxyl groups excluding tert-OH is 3. The number of rotatable bonds is 3. The van der Waals surface area contributed by atoms with Crippen LogP contribution in [0.15, 0.2) is 6.33 Å². The Morgan fingerprint density at radius 1 is 1.36 bits per heavy atom. The highest BCUT2D eigenvalue weighted by molar-refractivity contribution is 5.73. The van der Waals surface area contributed by atoms with E-state index in [9.17, 15) is 15.3 Å². The van der Waals surface area contributed by atoms with E-state index in [0.29, 0.717) is 5.65 Å². The number of ether oxygens (including phenoxy) is 1. The second kappa shape index (κ2) is 5.32. The van der Waals surface area contributed by atoms with Crippen LogP contribution in [0.1, 0.15) is 0 Å². The molecule has 2 aromatic heterocycles. The van der Waals surface area contributed by atoms with E-state index in [-0.39, 0.29) is 18.0 Å². The third-order valence-electron chi connectivity index (χ3n) is 3.81. The number of anilines is 1. The first kappa shape index (κ1) is 14.9. The van der Waals surface area contributed by atoms with E-state index >= 15 is 0 Å². The van der Waals surface area contributed by atoms with E-state index in [1.54, 1.807) is 22.5 Å². The van der Waals surface area contributed by atoms with Gasteiger partial charge in [0, 0.05) is 5.88 Å². The standard InChI is InChI=1S/C12H17N5O5/c1-16-4-17(10-7(16)11(21)15-12(13)14-10)2-5-8(19)9(20)6(3-18)22-5/h4-6,8-9,18-20H,2-3H2,1H3,(H2-,13,14,15,21)/t5-,6+,8+,9?/m0/s1. The van der Waals surface area contributed by atoms with E-state index in [4.69, 9.17) is 15.6 Å². The number of nitrogen functional groups attached to an aromatic ring is 1. The van der Waals surface area contributed by atoms with E-state index in [2.05, 4.69) is 9.97 Å². The molecule has 0 radical (unpaired) electrons. The van der Waals surface area contributed by atoms with Crippen LogP contribution in [0.5, 0.6) is 5.88 Å². The molecular weight excluding hydrogens is 294 g/mol. The van der Waals surface area contributed by atoms with E-state index in [0.717, 1.165) is 0 Å². The zero-order valence-corrected chi connectivity index (χ0v) is 11.8. The van der Waals surface area contributed by atoms with Crippen LogP contribution in [0.2, 0.25) is 0 Å². The van der Waals surface area contributed by atoms with Gasteiger partial charge in [-0.3, -0.25) is 4.57 Å². The number of hydrogen-bond acceptors (Lipinski definition) is 8. The Bertz CT molecular complexity index is 705. The Morgan fingerprint density at radius 2 is 2.05 bits per heavy atom. The number of aryl methyl sites for hydroxylation is 1. The minimum Gasteiger partial charge on any atom is -0.856 e. The maximum atomic E-state index is 11.9. The molecule has 1 unspecified atom stereocenters. The molecule has 3 rings (SSSR count). The Labute approximate surface area is 125 Å². The van der Waals surface area contributed by atoms with Crippen LogP contribution in [0.3, 0.4) is 0 Å². The van der Waals surface area contributed by atoms with Crippen LogP contribution < -0.4 is 15.4 Å². The quantitative estimate of drug-likeness (QED) is 0.424. The van der Waals surface area contributed by atoms with Crippen molar-refractivity contribution in [3.8, 4) is 5.88 Å². The van der Waals surface area contributed by atoms with Crippen LogP contribution in [-0.4, -0.2) is 60.9 Å². The van der Waals surface area contributed by atoms with E-state index < -0.39 is 36.9 Å². The molecule has 1 saturated heterocycles. The van der Waals surface area contributed by atoms with Crippen molar-refractivity contribution in [3.63, 3.8) is 0 Å². The van der Waals surface area contributed by atoms with Crippen molar-refractivity contribution in [3.05, 3.63) is 6.33 Å². The molecule has 0 aliphatic carbocycles. The van der Waals surface area contributed by atoms with Crippen LogP contribution in [0.4, 0.5) is 5.95 Å². The van der Waals surface area contributed by atoms with Crippen molar-refractivity contribution in [1.29, 1.82) is 0 Å². The van der Waals surface area contributed by atoms with Crippen molar-refractivity contribution in [1.82, 2.24) is 14.5 Å². The highest BCUT2D eigenvalue weighted by atomic mass is 16.6. The monoisotopic (exact) mass is 311 g/mol. The third-order valence-corrected chi connectivity index (χ3v) is 3.81. The lowest BCUT2D eigenvalue weighted by atomic mass is 10.1. The second-order valence-corrected chi connectivity index (χ2v) is 5.31. The van der Waals surface area contributed by atoms with Gasteiger partial charge in [-0.15, -0.1) is 0 Å². The lowest BCUT2D eigenvalue weighted by molar-refractivity contribution is -0.682. The van der Waals surface area contributed by atoms with Gasteiger partial charge in [-0.1, -0.05) is 4.98 Å². The molecule has 0 spiro atoms. The molecule has 0 amide bonds. The number of nitrogens with two attached hydrogens (primary N) is 1. The smallest absolute Gasteiger partial charge is 0.306 e. The molecule has 0 bridgehead atoms. The first-order chi connectivity index (χ1) is 10.4. The molecule has 1 aliphatic rings. The van der Waals surface area contributed by atoms with Gasteiger partial charge in [-0.25, -0.2) is 9.55 Å². The summed E-state index contributed by atoms with van der Waals surface area (Å²) in [4.78, 5) is 7.63. The van der Waals surface area contributed by atoms with Gasteiger partial charge in [0.1, 0.15) is 31.0 Å². The van der Waals surface area contributed by atoms with Gasteiger partial charge in [0.15, 0.2) is 11.8 Å². The fraction of sp³-hybridized carbons (Fsp3) is 0.583. The van der Waals surface area contributed by atoms with Crippen LogP contribution in [0.25, 0.3) is 11.2 Å². The van der Waals surface area contributed by atoms with Crippen molar-refractivity contribution in [2.24, 2.45) is 7.05 Å². The molecule has 22 heavy (non-hydrogen) atoms. The predicted molar refractivity (Wildman–Crippen MR) is 70.3 cm³/mol. The molecule has 1 fully saturated rings. The van der Waals surface area contributed by atoms with Crippen molar-refractivity contribution in [2.45, 2.75) is 31.0 Å². The normalized spacial score (nSPS) is 28.5. The summed E-state index contributed by atoms with van der Waals surface area (Å²) in [6.45, 7) is -0.253. The largest absolute Gasteiger partial charge is 0.856 e. The third kappa shape index (κ3) is 2.25. The molecule has 5 N–H and O–H groups in total. The number of aliphatic hydroxyl groups is 3.